The second-order valence-electron chi connectivity index (χ2n) is 5.29. The first-order valence-corrected chi connectivity index (χ1v) is 7.95. The van der Waals surface area contributed by atoms with Crippen molar-refractivity contribution in [2.45, 2.75) is 18.4 Å². The maximum Gasteiger partial charge on any atom is 0.329 e. The maximum atomic E-state index is 12.7. The molecule has 1 heterocycles. The van der Waals surface area contributed by atoms with Gasteiger partial charge in [-0.15, -0.1) is 0 Å². The minimum Gasteiger partial charge on any atom is -0.478 e. The second-order valence-corrected chi connectivity index (χ2v) is 6.38. The molecule has 1 aliphatic heterocycles. The molecule has 3 rings (SSSR count). The summed E-state index contributed by atoms with van der Waals surface area (Å²) in [5.41, 5.74) is 2.96. The summed E-state index contributed by atoms with van der Waals surface area (Å²) in [6, 6.07) is 15.5. The van der Waals surface area contributed by atoms with E-state index in [1.54, 1.807) is 4.90 Å². The molecule has 2 aromatic rings. The first kappa shape index (κ1) is 15.4. The highest BCUT2D eigenvalue weighted by Gasteiger charge is 2.29. The smallest absolute Gasteiger partial charge is 0.329 e. The van der Waals surface area contributed by atoms with Crippen molar-refractivity contribution < 1.29 is 14.7 Å². The number of fused-ring (bicyclic) bond motifs is 1. The number of para-hydroxylation sites is 1. The second kappa shape index (κ2) is 6.30. The van der Waals surface area contributed by atoms with Gasteiger partial charge in [-0.05, 0) is 24.6 Å². The lowest BCUT2D eigenvalue weighted by Crippen LogP contribution is -2.34. The lowest BCUT2D eigenvalue weighted by atomic mass is 10.1. The van der Waals surface area contributed by atoms with Crippen LogP contribution in [-0.4, -0.2) is 17.0 Å². The van der Waals surface area contributed by atoms with Gasteiger partial charge in [-0.25, -0.2) is 4.79 Å². The number of aryl methyl sites for hydroxylation is 1. The molecule has 116 valence electrons. The molecule has 2 aromatic carbocycles. The van der Waals surface area contributed by atoms with Crippen molar-refractivity contribution in [1.29, 1.82) is 0 Å². The van der Waals surface area contributed by atoms with Crippen LogP contribution in [0.25, 0.3) is 0 Å². The summed E-state index contributed by atoms with van der Waals surface area (Å²) in [4.78, 5) is 26.4. The fraction of sp³-hybridized carbons (Fsp3) is 0.111. The fourth-order valence-corrected chi connectivity index (χ4v) is 3.43. The minimum atomic E-state index is -1.12. The normalized spacial score (nSPS) is 15.6. The van der Waals surface area contributed by atoms with Gasteiger partial charge in [-0.2, -0.15) is 0 Å². The Morgan fingerprint density at radius 3 is 2.57 bits per heavy atom. The average Bonchev–Trinajstić information content (AvgIpc) is 2.53. The first-order valence-electron chi connectivity index (χ1n) is 7.13. The van der Waals surface area contributed by atoms with Crippen LogP contribution < -0.4 is 4.90 Å². The highest BCUT2D eigenvalue weighted by Crippen LogP contribution is 2.41. The van der Waals surface area contributed by atoms with E-state index in [9.17, 15) is 9.59 Å². The molecule has 1 N–H and O–H groups in total. The van der Waals surface area contributed by atoms with Gasteiger partial charge in [-0.1, -0.05) is 53.7 Å². The number of aliphatic carboxylic acids is 1. The van der Waals surface area contributed by atoms with Crippen LogP contribution in [-0.2, 0) is 16.1 Å². The molecule has 0 aliphatic carbocycles. The molecule has 0 spiro atoms. The van der Waals surface area contributed by atoms with Crippen LogP contribution in [0.1, 0.15) is 11.1 Å². The molecule has 23 heavy (non-hydrogen) atoms. The van der Waals surface area contributed by atoms with Crippen LogP contribution in [0.5, 0.6) is 0 Å². The van der Waals surface area contributed by atoms with E-state index in [1.165, 1.54) is 11.8 Å². The first-order chi connectivity index (χ1) is 11.0. The van der Waals surface area contributed by atoms with Crippen molar-refractivity contribution in [3.05, 3.63) is 70.6 Å². The van der Waals surface area contributed by atoms with Crippen molar-refractivity contribution in [1.82, 2.24) is 0 Å². The van der Waals surface area contributed by atoms with Crippen molar-refractivity contribution in [3.8, 4) is 0 Å². The fourth-order valence-electron chi connectivity index (χ4n) is 2.41. The van der Waals surface area contributed by atoms with E-state index in [4.69, 9.17) is 5.11 Å². The number of hydrogen-bond acceptors (Lipinski definition) is 3. The summed E-state index contributed by atoms with van der Waals surface area (Å²) < 4.78 is 0. The number of hydrogen-bond donors (Lipinski definition) is 1. The lowest BCUT2D eigenvalue weighted by Gasteiger charge is -2.30. The Labute approximate surface area is 138 Å². The molecule has 0 saturated heterocycles. The Bertz CT molecular complexity index is 796. The topological polar surface area (TPSA) is 57.6 Å². The van der Waals surface area contributed by atoms with Crippen LogP contribution in [0.2, 0.25) is 0 Å². The zero-order valence-corrected chi connectivity index (χ0v) is 13.3. The van der Waals surface area contributed by atoms with Crippen LogP contribution in [0.15, 0.2) is 64.4 Å². The zero-order valence-electron chi connectivity index (χ0n) is 12.5. The Morgan fingerprint density at radius 1 is 1.17 bits per heavy atom. The number of carbonyl (C=O) groups excluding carboxylic acids is 1. The third-order valence-corrected chi connectivity index (χ3v) is 4.63. The quantitative estimate of drug-likeness (QED) is 0.876. The summed E-state index contributed by atoms with van der Waals surface area (Å²) in [5.74, 6) is -1.40. The van der Waals surface area contributed by atoms with Crippen LogP contribution in [0.4, 0.5) is 5.69 Å². The van der Waals surface area contributed by atoms with Gasteiger partial charge < -0.3 is 10.0 Å². The third-order valence-electron chi connectivity index (χ3n) is 3.55. The van der Waals surface area contributed by atoms with Gasteiger partial charge in [0.1, 0.15) is 0 Å². The van der Waals surface area contributed by atoms with Gasteiger partial charge in [0.15, 0.2) is 0 Å². The number of benzene rings is 2. The highest BCUT2D eigenvalue weighted by atomic mass is 32.2. The summed E-state index contributed by atoms with van der Waals surface area (Å²) in [5, 5.41) is 8.98. The van der Waals surface area contributed by atoms with Gasteiger partial charge in [0.2, 0.25) is 0 Å². The third kappa shape index (κ3) is 3.29. The predicted octanol–water partition coefficient (Wildman–Crippen LogP) is 3.60. The van der Waals surface area contributed by atoms with E-state index < -0.39 is 5.97 Å². The maximum absolute atomic E-state index is 12.7. The van der Waals surface area contributed by atoms with E-state index in [0.29, 0.717) is 6.54 Å². The van der Waals surface area contributed by atoms with Gasteiger partial charge in [-0.3, -0.25) is 4.79 Å². The molecule has 0 aromatic heterocycles. The minimum absolute atomic E-state index is 0.225. The van der Waals surface area contributed by atoms with Gasteiger partial charge >= 0.3 is 5.97 Å². The molecule has 0 radical (unpaired) electrons. The van der Waals surface area contributed by atoms with Crippen LogP contribution in [0.3, 0.4) is 0 Å². The number of thioether (sulfide) groups is 1. The summed E-state index contributed by atoms with van der Waals surface area (Å²) in [6.07, 6.45) is 0.977. The molecule has 5 heteroatoms. The molecule has 1 aliphatic rings. The van der Waals surface area contributed by atoms with Crippen molar-refractivity contribution >= 4 is 29.3 Å². The Kier molecular flexibility index (Phi) is 4.21. The SMILES string of the molecule is Cc1ccc(CN2C(=O)/C(=C/C(=O)O)Sc3ccccc32)cc1. The Morgan fingerprint density at radius 2 is 1.87 bits per heavy atom. The van der Waals surface area contributed by atoms with Gasteiger partial charge in [0.25, 0.3) is 5.91 Å². The summed E-state index contributed by atoms with van der Waals surface area (Å²) in [7, 11) is 0. The average molecular weight is 325 g/mol. The van der Waals surface area contributed by atoms with E-state index >= 15 is 0 Å². The molecular weight excluding hydrogens is 310 g/mol. The predicted molar refractivity (Wildman–Crippen MR) is 90.4 cm³/mol. The molecular formula is C18H15NO3S. The number of carboxylic acid groups (broad SMARTS) is 1. The molecule has 0 unspecified atom stereocenters. The van der Waals surface area contributed by atoms with E-state index in [1.807, 2.05) is 55.5 Å². The van der Waals surface area contributed by atoms with Crippen molar-refractivity contribution in [2.24, 2.45) is 0 Å². The molecule has 1 amide bonds. The van der Waals surface area contributed by atoms with Crippen molar-refractivity contribution in [3.63, 3.8) is 0 Å². The van der Waals surface area contributed by atoms with Crippen molar-refractivity contribution in [2.75, 3.05) is 4.90 Å². The van der Waals surface area contributed by atoms with Crippen LogP contribution in [0, 0.1) is 6.92 Å². The molecule has 4 nitrogen and oxygen atoms in total. The Balaban J connectivity index is 2.00. The van der Waals surface area contributed by atoms with E-state index in [-0.39, 0.29) is 10.8 Å². The van der Waals surface area contributed by atoms with Gasteiger partial charge in [0, 0.05) is 11.0 Å². The largest absolute Gasteiger partial charge is 0.478 e. The molecule has 0 saturated carbocycles. The zero-order chi connectivity index (χ0) is 16.4. The Hall–Kier alpha value is -2.53. The van der Waals surface area contributed by atoms with Crippen LogP contribution >= 0.6 is 11.8 Å². The standard InChI is InChI=1S/C18H15NO3S/c1-12-6-8-13(9-7-12)11-19-14-4-2-3-5-15(14)23-16(18(19)22)10-17(20)21/h2-10H,11H2,1H3,(H,20,21)/b16-10-. The van der Waals surface area contributed by atoms with Gasteiger partial charge in [0.05, 0.1) is 17.1 Å². The number of anilines is 1. The molecule has 0 bridgehead atoms. The highest BCUT2D eigenvalue weighted by molar-refractivity contribution is 8.04. The number of carbonyl (C=O) groups is 2. The number of nitrogens with zero attached hydrogens (tertiary/aromatic N) is 1. The van der Waals surface area contributed by atoms with E-state index in [2.05, 4.69) is 0 Å². The summed E-state index contributed by atoms with van der Waals surface area (Å²) >= 11 is 1.20. The van der Waals surface area contributed by atoms with E-state index in [0.717, 1.165) is 27.8 Å². The number of carboxylic acids is 1. The monoisotopic (exact) mass is 325 g/mol. The molecule has 0 fully saturated rings. The molecule has 0 atom stereocenters. The number of rotatable bonds is 3. The number of amides is 1. The lowest BCUT2D eigenvalue weighted by molar-refractivity contribution is -0.131. The summed E-state index contributed by atoms with van der Waals surface area (Å²) in [6.45, 7) is 2.42.